The van der Waals surface area contributed by atoms with Crippen LogP contribution in [-0.4, -0.2) is 27.4 Å². The fraction of sp³-hybridized carbons (Fsp3) is 0.778. The molecule has 0 aromatic carbocycles. The quantitative estimate of drug-likeness (QED) is 0.751. The molecule has 0 bridgehead atoms. The molecule has 0 unspecified atom stereocenters. The summed E-state index contributed by atoms with van der Waals surface area (Å²) in [6, 6.07) is 0.589. The van der Waals surface area contributed by atoms with E-state index in [9.17, 15) is 0 Å². The summed E-state index contributed by atoms with van der Waals surface area (Å²) in [6.07, 6.45) is 0.859. The highest BCUT2D eigenvalue weighted by atomic mass is 16.5. The molecule has 0 aliphatic carbocycles. The summed E-state index contributed by atoms with van der Waals surface area (Å²) in [6.45, 7) is 7.37. The van der Waals surface area contributed by atoms with Gasteiger partial charge in [0.15, 0.2) is 0 Å². The van der Waals surface area contributed by atoms with E-state index in [2.05, 4.69) is 10.2 Å². The summed E-state index contributed by atoms with van der Waals surface area (Å²) < 4.78 is 7.46. The number of aromatic nitrogens is 3. The second kappa shape index (κ2) is 4.95. The maximum absolute atomic E-state index is 5.51. The van der Waals surface area contributed by atoms with E-state index in [0.717, 1.165) is 18.8 Å². The van der Waals surface area contributed by atoms with E-state index in [-0.39, 0.29) is 6.10 Å². The minimum atomic E-state index is 0.121. The van der Waals surface area contributed by atoms with Gasteiger partial charge in [0, 0.05) is 13.0 Å². The van der Waals surface area contributed by atoms with Gasteiger partial charge in [-0.3, -0.25) is 4.57 Å². The van der Waals surface area contributed by atoms with Crippen LogP contribution in [0, 0.1) is 0 Å². The smallest absolute Gasteiger partial charge is 0.317 e. The second-order valence-electron chi connectivity index (χ2n) is 3.35. The molecule has 0 atom stereocenters. The lowest BCUT2D eigenvalue weighted by atomic mass is 10.4. The average Bonchev–Trinajstić information content (AvgIpc) is 2.47. The Balaban J connectivity index is 2.83. The van der Waals surface area contributed by atoms with E-state index < -0.39 is 0 Å². The molecule has 0 spiro atoms. The fourth-order valence-corrected chi connectivity index (χ4v) is 1.25. The minimum absolute atomic E-state index is 0.121. The Morgan fingerprint density at radius 1 is 1.43 bits per heavy atom. The number of hydrogen-bond acceptors (Lipinski definition) is 4. The second-order valence-corrected chi connectivity index (χ2v) is 3.35. The highest BCUT2D eigenvalue weighted by Crippen LogP contribution is 2.11. The number of rotatable bonds is 5. The van der Waals surface area contributed by atoms with Gasteiger partial charge in [-0.15, -0.1) is 5.10 Å². The van der Waals surface area contributed by atoms with E-state index in [1.807, 2.05) is 25.3 Å². The first-order valence-electron chi connectivity index (χ1n) is 4.97. The van der Waals surface area contributed by atoms with Crippen molar-refractivity contribution in [3.63, 3.8) is 0 Å². The SMILES string of the molecule is CCn1c(CCN)nnc1OC(C)C. The average molecular weight is 198 g/mol. The van der Waals surface area contributed by atoms with Crippen molar-refractivity contribution >= 4 is 0 Å². The highest BCUT2D eigenvalue weighted by Gasteiger charge is 2.11. The molecule has 1 heterocycles. The molecule has 0 aliphatic rings. The van der Waals surface area contributed by atoms with Crippen molar-refractivity contribution < 1.29 is 4.74 Å². The van der Waals surface area contributed by atoms with Gasteiger partial charge in [-0.05, 0) is 27.3 Å². The molecule has 5 heteroatoms. The van der Waals surface area contributed by atoms with Crippen LogP contribution in [-0.2, 0) is 13.0 Å². The zero-order valence-electron chi connectivity index (χ0n) is 9.03. The van der Waals surface area contributed by atoms with Crippen molar-refractivity contribution in [2.75, 3.05) is 6.54 Å². The minimum Gasteiger partial charge on any atom is -0.461 e. The number of nitrogens with zero attached hydrogens (tertiary/aromatic N) is 3. The Bertz CT molecular complexity index is 282. The van der Waals surface area contributed by atoms with Gasteiger partial charge < -0.3 is 10.5 Å². The van der Waals surface area contributed by atoms with E-state index >= 15 is 0 Å². The molecule has 0 amide bonds. The van der Waals surface area contributed by atoms with Crippen LogP contribution in [0.15, 0.2) is 0 Å². The van der Waals surface area contributed by atoms with Gasteiger partial charge in [0.1, 0.15) is 5.82 Å². The van der Waals surface area contributed by atoms with Gasteiger partial charge in [-0.25, -0.2) is 0 Å². The van der Waals surface area contributed by atoms with Gasteiger partial charge in [-0.1, -0.05) is 5.10 Å². The molecule has 1 rings (SSSR count). The van der Waals surface area contributed by atoms with Crippen LogP contribution >= 0.6 is 0 Å². The Labute approximate surface area is 84.3 Å². The zero-order chi connectivity index (χ0) is 10.6. The van der Waals surface area contributed by atoms with Gasteiger partial charge in [0.25, 0.3) is 0 Å². The summed E-state index contributed by atoms with van der Waals surface area (Å²) in [5.74, 6) is 0.894. The third kappa shape index (κ3) is 2.45. The van der Waals surface area contributed by atoms with Gasteiger partial charge in [0.2, 0.25) is 0 Å². The van der Waals surface area contributed by atoms with E-state index in [0.29, 0.717) is 12.6 Å². The van der Waals surface area contributed by atoms with Crippen LogP contribution in [0.4, 0.5) is 0 Å². The fourth-order valence-electron chi connectivity index (χ4n) is 1.25. The first-order chi connectivity index (χ1) is 6.69. The molecule has 0 saturated heterocycles. The molecule has 0 radical (unpaired) electrons. The number of hydrogen-bond donors (Lipinski definition) is 1. The molecule has 0 aliphatic heterocycles. The standard InChI is InChI=1S/C9H18N4O/c1-4-13-8(5-6-10)11-12-9(13)14-7(2)3/h7H,4-6,10H2,1-3H3. The Morgan fingerprint density at radius 3 is 2.64 bits per heavy atom. The third-order valence-electron chi connectivity index (χ3n) is 1.82. The zero-order valence-corrected chi connectivity index (χ0v) is 9.03. The molecule has 14 heavy (non-hydrogen) atoms. The monoisotopic (exact) mass is 198 g/mol. The van der Waals surface area contributed by atoms with Crippen LogP contribution < -0.4 is 10.5 Å². The van der Waals surface area contributed by atoms with Crippen molar-refractivity contribution in [1.82, 2.24) is 14.8 Å². The predicted molar refractivity (Wildman–Crippen MR) is 54.2 cm³/mol. The van der Waals surface area contributed by atoms with Crippen LogP contribution in [0.2, 0.25) is 0 Å². The number of ether oxygens (including phenoxy) is 1. The van der Waals surface area contributed by atoms with Crippen molar-refractivity contribution in [2.24, 2.45) is 5.73 Å². The van der Waals surface area contributed by atoms with Crippen molar-refractivity contribution in [3.8, 4) is 6.01 Å². The lowest BCUT2D eigenvalue weighted by Crippen LogP contribution is -2.13. The Kier molecular flexibility index (Phi) is 3.88. The van der Waals surface area contributed by atoms with E-state index in [1.165, 1.54) is 0 Å². The van der Waals surface area contributed by atoms with Gasteiger partial charge in [-0.2, -0.15) is 0 Å². The summed E-state index contributed by atoms with van der Waals surface area (Å²) >= 11 is 0. The van der Waals surface area contributed by atoms with E-state index in [1.54, 1.807) is 0 Å². The molecular weight excluding hydrogens is 180 g/mol. The summed E-state index contributed by atoms with van der Waals surface area (Å²) in [7, 11) is 0. The molecule has 1 aromatic rings. The van der Waals surface area contributed by atoms with Crippen LogP contribution in [0.25, 0.3) is 0 Å². The molecule has 5 nitrogen and oxygen atoms in total. The summed E-state index contributed by atoms with van der Waals surface area (Å²) in [4.78, 5) is 0. The summed E-state index contributed by atoms with van der Waals surface area (Å²) in [5.41, 5.74) is 5.47. The molecule has 1 aromatic heterocycles. The summed E-state index contributed by atoms with van der Waals surface area (Å²) in [5, 5.41) is 8.02. The highest BCUT2D eigenvalue weighted by molar-refractivity contribution is 5.01. The number of nitrogens with two attached hydrogens (primary N) is 1. The van der Waals surface area contributed by atoms with Crippen LogP contribution in [0.5, 0.6) is 6.01 Å². The third-order valence-corrected chi connectivity index (χ3v) is 1.82. The van der Waals surface area contributed by atoms with Crippen molar-refractivity contribution in [2.45, 2.75) is 39.8 Å². The van der Waals surface area contributed by atoms with Crippen molar-refractivity contribution in [1.29, 1.82) is 0 Å². The maximum Gasteiger partial charge on any atom is 0.317 e. The first kappa shape index (κ1) is 11.0. The lowest BCUT2D eigenvalue weighted by molar-refractivity contribution is 0.211. The predicted octanol–water partition coefficient (Wildman–Crippen LogP) is 0.586. The van der Waals surface area contributed by atoms with Crippen molar-refractivity contribution in [3.05, 3.63) is 5.82 Å². The van der Waals surface area contributed by atoms with Crippen LogP contribution in [0.1, 0.15) is 26.6 Å². The van der Waals surface area contributed by atoms with Gasteiger partial charge >= 0.3 is 6.01 Å². The van der Waals surface area contributed by atoms with Crippen LogP contribution in [0.3, 0.4) is 0 Å². The molecular formula is C9H18N4O. The van der Waals surface area contributed by atoms with Gasteiger partial charge in [0.05, 0.1) is 6.10 Å². The molecule has 2 N–H and O–H groups in total. The molecule has 0 fully saturated rings. The first-order valence-corrected chi connectivity index (χ1v) is 4.97. The lowest BCUT2D eigenvalue weighted by Gasteiger charge is -2.10. The maximum atomic E-state index is 5.51. The Hall–Kier alpha value is -1.10. The topological polar surface area (TPSA) is 66.0 Å². The normalized spacial score (nSPS) is 10.9. The van der Waals surface area contributed by atoms with E-state index in [4.69, 9.17) is 10.5 Å². The largest absolute Gasteiger partial charge is 0.461 e. The Morgan fingerprint density at radius 2 is 2.14 bits per heavy atom. The molecule has 0 saturated carbocycles. The molecule has 80 valence electrons.